The molecular weight excluding hydrogens is 549 g/mol. The fourth-order valence-electron chi connectivity index (χ4n) is 4.17. The Hall–Kier alpha value is -4.22. The van der Waals surface area contributed by atoms with Gasteiger partial charge in [0.15, 0.2) is 12.4 Å². The van der Waals surface area contributed by atoms with E-state index in [9.17, 15) is 22.8 Å². The Labute approximate surface area is 231 Å². The molecule has 1 aromatic heterocycles. The first-order chi connectivity index (χ1) is 19.2. The summed E-state index contributed by atoms with van der Waals surface area (Å²) in [5.41, 5.74) is -0.773. The molecule has 0 radical (unpaired) electrons. The molecule has 0 atom stereocenters. The Morgan fingerprint density at radius 2 is 1.85 bits per heavy atom. The molecule has 12 heteroatoms. The number of alkyl halides is 3. The molecular formula is C28H22ClF3N4O4. The van der Waals surface area contributed by atoms with Gasteiger partial charge < -0.3 is 14.4 Å². The van der Waals surface area contributed by atoms with Gasteiger partial charge in [-0.25, -0.2) is 4.98 Å². The Balaban J connectivity index is 1.54. The minimum absolute atomic E-state index is 0.0495. The summed E-state index contributed by atoms with van der Waals surface area (Å²) in [5, 5.41) is 4.87. The number of halogens is 4. The molecule has 1 fully saturated rings. The highest BCUT2D eigenvalue weighted by Crippen LogP contribution is 2.32. The van der Waals surface area contributed by atoms with E-state index in [0.717, 1.165) is 16.8 Å². The van der Waals surface area contributed by atoms with E-state index < -0.39 is 17.3 Å². The van der Waals surface area contributed by atoms with Gasteiger partial charge in [0, 0.05) is 29.2 Å². The van der Waals surface area contributed by atoms with Gasteiger partial charge in [0.1, 0.15) is 5.75 Å². The van der Waals surface area contributed by atoms with E-state index in [1.807, 2.05) is 0 Å². The predicted molar refractivity (Wildman–Crippen MR) is 144 cm³/mol. The van der Waals surface area contributed by atoms with Crippen LogP contribution in [0.25, 0.3) is 22.3 Å². The van der Waals surface area contributed by atoms with Gasteiger partial charge in [-0.2, -0.15) is 22.9 Å². The third-order valence-corrected chi connectivity index (χ3v) is 6.44. The molecule has 206 valence electrons. The lowest BCUT2D eigenvalue weighted by molar-refractivity contribution is -0.138. The van der Waals surface area contributed by atoms with Crippen molar-refractivity contribution < 1.29 is 27.4 Å². The lowest BCUT2D eigenvalue weighted by Gasteiger charge is -2.26. The van der Waals surface area contributed by atoms with E-state index in [1.165, 1.54) is 24.4 Å². The second kappa shape index (κ2) is 11.5. The molecule has 5 rings (SSSR count). The van der Waals surface area contributed by atoms with Crippen LogP contribution in [0, 0.1) is 0 Å². The van der Waals surface area contributed by atoms with Gasteiger partial charge in [-0.3, -0.25) is 9.59 Å². The number of fused-ring (bicyclic) bond motifs is 1. The maximum absolute atomic E-state index is 13.4. The molecule has 0 spiro atoms. The lowest BCUT2D eigenvalue weighted by Crippen LogP contribution is -2.43. The van der Waals surface area contributed by atoms with Gasteiger partial charge >= 0.3 is 6.18 Å². The normalized spacial score (nSPS) is 14.2. The number of morpholine rings is 1. The summed E-state index contributed by atoms with van der Waals surface area (Å²) in [6, 6.07) is 15.6. The van der Waals surface area contributed by atoms with Crippen LogP contribution in [0.4, 0.5) is 13.2 Å². The van der Waals surface area contributed by atoms with Gasteiger partial charge in [-0.1, -0.05) is 35.9 Å². The fourth-order valence-corrected chi connectivity index (χ4v) is 4.35. The molecule has 0 aliphatic carbocycles. The molecule has 0 unspecified atom stereocenters. The first-order valence-electron chi connectivity index (χ1n) is 12.2. The van der Waals surface area contributed by atoms with Gasteiger partial charge in [-0.05, 0) is 42.5 Å². The molecule has 40 heavy (non-hydrogen) atoms. The van der Waals surface area contributed by atoms with E-state index in [2.05, 4.69) is 10.1 Å². The number of benzene rings is 3. The van der Waals surface area contributed by atoms with Crippen LogP contribution in [-0.2, 0) is 15.7 Å². The minimum Gasteiger partial charge on any atom is -0.483 e. The second-order valence-corrected chi connectivity index (χ2v) is 9.29. The third kappa shape index (κ3) is 6.00. The molecule has 3 aromatic carbocycles. The number of hydrogen-bond acceptors (Lipinski definition) is 6. The number of ether oxygens (including phenoxy) is 2. The van der Waals surface area contributed by atoms with Gasteiger partial charge in [0.2, 0.25) is 0 Å². The molecule has 0 N–H and O–H groups in total. The second-order valence-electron chi connectivity index (χ2n) is 8.86. The van der Waals surface area contributed by atoms with Crippen LogP contribution in [0.15, 0.2) is 76.6 Å². The molecule has 0 bridgehead atoms. The summed E-state index contributed by atoms with van der Waals surface area (Å²) >= 11 is 6.19. The summed E-state index contributed by atoms with van der Waals surface area (Å²) in [6.45, 7) is 1.59. The predicted octanol–water partition coefficient (Wildman–Crippen LogP) is 4.86. The number of hydrogen-bond donors (Lipinski definition) is 0. The van der Waals surface area contributed by atoms with Gasteiger partial charge in [-0.15, -0.1) is 0 Å². The Morgan fingerprint density at radius 3 is 2.62 bits per heavy atom. The average molecular weight is 571 g/mol. The monoisotopic (exact) mass is 570 g/mol. The van der Waals surface area contributed by atoms with Crippen molar-refractivity contribution in [2.75, 3.05) is 32.9 Å². The van der Waals surface area contributed by atoms with E-state index in [4.69, 9.17) is 21.1 Å². The SMILES string of the molecule is O=C(COc1ccc(Cl)cc1C=Nn1c(-c2cccc(C(F)(F)F)c2)nc2ccccc2c1=O)N1CCOCC1. The Morgan fingerprint density at radius 1 is 1.07 bits per heavy atom. The first kappa shape index (κ1) is 27.4. The summed E-state index contributed by atoms with van der Waals surface area (Å²) in [7, 11) is 0. The van der Waals surface area contributed by atoms with Crippen molar-refractivity contribution >= 4 is 34.6 Å². The quantitative estimate of drug-likeness (QED) is 0.309. The van der Waals surface area contributed by atoms with Crippen molar-refractivity contribution in [1.29, 1.82) is 0 Å². The van der Waals surface area contributed by atoms with Crippen molar-refractivity contribution in [2.24, 2.45) is 5.10 Å². The minimum atomic E-state index is -4.59. The zero-order chi connectivity index (χ0) is 28.3. The molecule has 0 saturated carbocycles. The molecule has 1 saturated heterocycles. The highest BCUT2D eigenvalue weighted by Gasteiger charge is 2.31. The van der Waals surface area contributed by atoms with Crippen molar-refractivity contribution in [3.63, 3.8) is 0 Å². The Bertz CT molecular complexity index is 1650. The number of nitrogens with zero attached hydrogens (tertiary/aromatic N) is 4. The summed E-state index contributed by atoms with van der Waals surface area (Å²) in [6.07, 6.45) is -3.30. The van der Waals surface area contributed by atoms with E-state index in [0.29, 0.717) is 42.4 Å². The van der Waals surface area contributed by atoms with E-state index >= 15 is 0 Å². The van der Waals surface area contributed by atoms with Crippen molar-refractivity contribution in [2.45, 2.75) is 6.18 Å². The maximum atomic E-state index is 13.4. The molecule has 1 aliphatic rings. The van der Waals surface area contributed by atoms with Crippen LogP contribution in [0.2, 0.25) is 5.02 Å². The van der Waals surface area contributed by atoms with Crippen molar-refractivity contribution in [3.05, 3.63) is 93.2 Å². The highest BCUT2D eigenvalue weighted by atomic mass is 35.5. The van der Waals surface area contributed by atoms with E-state index in [-0.39, 0.29) is 35.0 Å². The number of amides is 1. The third-order valence-electron chi connectivity index (χ3n) is 6.20. The van der Waals surface area contributed by atoms with Crippen molar-refractivity contribution in [1.82, 2.24) is 14.6 Å². The van der Waals surface area contributed by atoms with Crippen LogP contribution < -0.4 is 10.3 Å². The summed E-state index contributed by atoms with van der Waals surface area (Å²) in [4.78, 5) is 32.1. The highest BCUT2D eigenvalue weighted by molar-refractivity contribution is 6.30. The topological polar surface area (TPSA) is 86.0 Å². The number of carbonyl (C=O) groups is 1. The standard InChI is InChI=1S/C28H22ClF3N4O4/c29-21-8-9-24(40-17-25(37)35-10-12-39-13-11-35)19(15-21)16-33-36-26(18-4-3-5-20(14-18)28(30,31)32)34-23-7-2-1-6-22(23)27(36)38/h1-9,14-16H,10-13,17H2. The van der Waals surface area contributed by atoms with Crippen molar-refractivity contribution in [3.8, 4) is 17.1 Å². The van der Waals surface area contributed by atoms with Crippen LogP contribution >= 0.6 is 11.6 Å². The maximum Gasteiger partial charge on any atom is 0.416 e. The van der Waals surface area contributed by atoms with Crippen LogP contribution in [0.1, 0.15) is 11.1 Å². The largest absolute Gasteiger partial charge is 0.483 e. The summed E-state index contributed by atoms with van der Waals surface area (Å²) in [5.74, 6) is -0.0295. The molecule has 4 aromatic rings. The molecule has 2 heterocycles. The first-order valence-corrected chi connectivity index (χ1v) is 12.6. The Kier molecular flexibility index (Phi) is 7.85. The molecule has 1 amide bonds. The fraction of sp³-hybridized carbons (Fsp3) is 0.214. The zero-order valence-electron chi connectivity index (χ0n) is 20.9. The van der Waals surface area contributed by atoms with Crippen LogP contribution in [0.3, 0.4) is 0 Å². The van der Waals surface area contributed by atoms with Crippen LogP contribution in [-0.4, -0.2) is 59.6 Å². The van der Waals surface area contributed by atoms with Crippen LogP contribution in [0.5, 0.6) is 5.75 Å². The van der Waals surface area contributed by atoms with E-state index in [1.54, 1.807) is 41.3 Å². The molecule has 1 aliphatic heterocycles. The number of aromatic nitrogens is 2. The molecule has 8 nitrogen and oxygen atoms in total. The summed E-state index contributed by atoms with van der Waals surface area (Å²) < 4.78 is 52.3. The lowest BCUT2D eigenvalue weighted by atomic mass is 10.1. The average Bonchev–Trinajstić information content (AvgIpc) is 2.96. The number of rotatable bonds is 6. The number of carbonyl (C=O) groups excluding carboxylic acids is 1. The number of para-hydroxylation sites is 1. The van der Waals surface area contributed by atoms with Gasteiger partial charge in [0.25, 0.3) is 11.5 Å². The van der Waals surface area contributed by atoms with Gasteiger partial charge in [0.05, 0.1) is 35.9 Å². The smallest absolute Gasteiger partial charge is 0.416 e. The zero-order valence-corrected chi connectivity index (χ0v) is 21.7.